The molecule has 0 unspecified atom stereocenters. The lowest BCUT2D eigenvalue weighted by atomic mass is 10.0. The number of hydrogen-bond acceptors (Lipinski definition) is 4. The van der Waals surface area contributed by atoms with Gasteiger partial charge in [-0.25, -0.2) is 8.91 Å². The summed E-state index contributed by atoms with van der Waals surface area (Å²) in [5, 5.41) is 4.68. The monoisotopic (exact) mass is 319 g/mol. The minimum Gasteiger partial charge on any atom is -0.323 e. The molecular formula is C18H14FN5. The summed E-state index contributed by atoms with van der Waals surface area (Å²) in [6.07, 6.45) is 5.29. The lowest BCUT2D eigenvalue weighted by molar-refractivity contribution is 0.628. The first-order valence-electron chi connectivity index (χ1n) is 7.41. The molecule has 0 radical (unpaired) electrons. The van der Waals surface area contributed by atoms with Gasteiger partial charge in [0.1, 0.15) is 11.5 Å². The summed E-state index contributed by atoms with van der Waals surface area (Å²) in [6, 6.07) is 14.0. The zero-order valence-corrected chi connectivity index (χ0v) is 12.6. The van der Waals surface area contributed by atoms with Crippen molar-refractivity contribution >= 4 is 11.2 Å². The highest BCUT2D eigenvalue weighted by molar-refractivity contribution is 5.92. The fourth-order valence-corrected chi connectivity index (χ4v) is 2.75. The molecule has 4 rings (SSSR count). The van der Waals surface area contributed by atoms with Crippen LogP contribution in [0.15, 0.2) is 67.1 Å². The van der Waals surface area contributed by atoms with E-state index < -0.39 is 0 Å². The molecule has 0 amide bonds. The zero-order chi connectivity index (χ0) is 16.5. The molecule has 0 fully saturated rings. The first-order chi connectivity index (χ1) is 11.8. The summed E-state index contributed by atoms with van der Waals surface area (Å²) in [5.74, 6) is 5.21. The first kappa shape index (κ1) is 14.3. The van der Waals surface area contributed by atoms with Gasteiger partial charge in [-0.1, -0.05) is 0 Å². The van der Waals surface area contributed by atoms with E-state index in [4.69, 9.17) is 5.84 Å². The molecule has 0 saturated carbocycles. The molecular weight excluding hydrogens is 305 g/mol. The highest BCUT2D eigenvalue weighted by Crippen LogP contribution is 2.35. The van der Waals surface area contributed by atoms with E-state index in [0.29, 0.717) is 0 Å². The van der Waals surface area contributed by atoms with Gasteiger partial charge in [0.2, 0.25) is 0 Å². The summed E-state index contributed by atoms with van der Waals surface area (Å²) < 4.78 is 15.0. The van der Waals surface area contributed by atoms with Crippen molar-refractivity contribution in [3.8, 4) is 22.4 Å². The predicted molar refractivity (Wildman–Crippen MR) is 91.6 cm³/mol. The maximum absolute atomic E-state index is 13.3. The molecule has 5 nitrogen and oxygen atoms in total. The number of nitrogen functional groups attached to an aromatic ring is 1. The number of nitrogens with two attached hydrogens (primary N) is 1. The summed E-state index contributed by atoms with van der Waals surface area (Å²) >= 11 is 0. The molecule has 6 heteroatoms. The van der Waals surface area contributed by atoms with Crippen molar-refractivity contribution in [2.45, 2.75) is 0 Å². The second-order valence-electron chi connectivity index (χ2n) is 5.36. The van der Waals surface area contributed by atoms with Crippen molar-refractivity contribution in [2.24, 2.45) is 5.84 Å². The van der Waals surface area contributed by atoms with Crippen LogP contribution in [-0.4, -0.2) is 14.6 Å². The van der Waals surface area contributed by atoms with E-state index in [1.54, 1.807) is 29.0 Å². The number of aromatic nitrogens is 3. The Bertz CT molecular complexity index is 993. The quantitative estimate of drug-likeness (QED) is 0.448. The molecule has 3 heterocycles. The molecule has 0 atom stereocenters. The number of rotatable bonds is 3. The van der Waals surface area contributed by atoms with Gasteiger partial charge in [-0.05, 0) is 54.1 Å². The largest absolute Gasteiger partial charge is 0.323 e. The Labute approximate surface area is 137 Å². The lowest BCUT2D eigenvalue weighted by Crippen LogP contribution is -2.07. The Balaban J connectivity index is 2.02. The van der Waals surface area contributed by atoms with Crippen molar-refractivity contribution in [2.75, 3.05) is 5.43 Å². The number of hydrazine groups is 1. The van der Waals surface area contributed by atoms with Crippen LogP contribution in [0, 0.1) is 5.82 Å². The summed E-state index contributed by atoms with van der Waals surface area (Å²) in [7, 11) is 0. The van der Waals surface area contributed by atoms with Crippen LogP contribution >= 0.6 is 0 Å². The van der Waals surface area contributed by atoms with Crippen LogP contribution in [0.5, 0.6) is 0 Å². The van der Waals surface area contributed by atoms with Crippen LogP contribution in [0.1, 0.15) is 0 Å². The Morgan fingerprint density at radius 2 is 1.67 bits per heavy atom. The van der Waals surface area contributed by atoms with Crippen LogP contribution in [0.2, 0.25) is 0 Å². The third kappa shape index (κ3) is 2.39. The molecule has 0 bridgehead atoms. The average molecular weight is 319 g/mol. The van der Waals surface area contributed by atoms with Gasteiger partial charge in [-0.15, -0.1) is 0 Å². The van der Waals surface area contributed by atoms with Crippen LogP contribution in [0.25, 0.3) is 27.9 Å². The predicted octanol–water partition coefficient (Wildman–Crippen LogP) is 3.49. The number of fused-ring (bicyclic) bond motifs is 1. The lowest BCUT2D eigenvalue weighted by Gasteiger charge is -2.04. The number of hydrogen-bond donors (Lipinski definition) is 2. The van der Waals surface area contributed by atoms with E-state index >= 15 is 0 Å². The Morgan fingerprint density at radius 1 is 0.917 bits per heavy atom. The van der Waals surface area contributed by atoms with E-state index in [1.807, 2.05) is 30.5 Å². The molecule has 1 aromatic carbocycles. The molecule has 0 spiro atoms. The van der Waals surface area contributed by atoms with Gasteiger partial charge in [-0.3, -0.25) is 10.8 Å². The Hall–Kier alpha value is -3.25. The molecule has 0 saturated heterocycles. The van der Waals surface area contributed by atoms with E-state index in [-0.39, 0.29) is 5.82 Å². The second-order valence-corrected chi connectivity index (χ2v) is 5.36. The van der Waals surface area contributed by atoms with Crippen molar-refractivity contribution in [3.63, 3.8) is 0 Å². The fourth-order valence-electron chi connectivity index (χ4n) is 2.75. The Kier molecular flexibility index (Phi) is 3.44. The maximum Gasteiger partial charge on any atom is 0.123 e. The molecule has 0 aliphatic carbocycles. The van der Waals surface area contributed by atoms with Crippen LogP contribution < -0.4 is 11.3 Å². The molecule has 3 N–H and O–H groups in total. The smallest absolute Gasteiger partial charge is 0.123 e. The van der Waals surface area contributed by atoms with Gasteiger partial charge in [0, 0.05) is 23.5 Å². The van der Waals surface area contributed by atoms with Crippen molar-refractivity contribution in [3.05, 3.63) is 72.9 Å². The summed E-state index contributed by atoms with van der Waals surface area (Å²) in [5.41, 5.74) is 7.87. The highest BCUT2D eigenvalue weighted by Gasteiger charge is 2.16. The zero-order valence-electron chi connectivity index (χ0n) is 12.6. The fraction of sp³-hybridized carbons (Fsp3) is 0. The minimum atomic E-state index is -0.275. The van der Waals surface area contributed by atoms with Gasteiger partial charge in [0.25, 0.3) is 0 Å². The van der Waals surface area contributed by atoms with Gasteiger partial charge < -0.3 is 5.43 Å². The average Bonchev–Trinajstić information content (AvgIpc) is 3.01. The van der Waals surface area contributed by atoms with Gasteiger partial charge in [-0.2, -0.15) is 5.10 Å². The normalized spacial score (nSPS) is 10.9. The van der Waals surface area contributed by atoms with Crippen molar-refractivity contribution in [1.82, 2.24) is 14.6 Å². The van der Waals surface area contributed by atoms with Crippen LogP contribution in [0.3, 0.4) is 0 Å². The molecule has 3 aromatic heterocycles. The third-order valence-electron chi connectivity index (χ3n) is 3.88. The molecule has 0 aliphatic rings. The van der Waals surface area contributed by atoms with Gasteiger partial charge in [0.05, 0.1) is 17.4 Å². The number of nitrogens with one attached hydrogen (secondary N) is 1. The standard InChI is InChI=1S/C18H14FN5/c19-14-3-1-13(2-4-14)18-17(12-7-9-21-10-8-12)16-6-5-15(22-20)11-24(16)23-18/h1-11,22H,20H2. The number of pyridine rings is 2. The third-order valence-corrected chi connectivity index (χ3v) is 3.88. The van der Waals surface area contributed by atoms with Crippen LogP contribution in [0.4, 0.5) is 10.1 Å². The number of halogens is 1. The summed E-state index contributed by atoms with van der Waals surface area (Å²) in [4.78, 5) is 4.07. The highest BCUT2D eigenvalue weighted by atomic mass is 19.1. The molecule has 118 valence electrons. The van der Waals surface area contributed by atoms with Crippen LogP contribution in [-0.2, 0) is 0 Å². The number of nitrogens with zero attached hydrogens (tertiary/aromatic N) is 3. The topological polar surface area (TPSA) is 68.2 Å². The minimum absolute atomic E-state index is 0.275. The van der Waals surface area contributed by atoms with Crippen molar-refractivity contribution < 1.29 is 4.39 Å². The maximum atomic E-state index is 13.3. The molecule has 0 aliphatic heterocycles. The molecule has 4 aromatic rings. The van der Waals surface area contributed by atoms with Gasteiger partial charge >= 0.3 is 0 Å². The number of anilines is 1. The summed E-state index contributed by atoms with van der Waals surface area (Å²) in [6.45, 7) is 0. The van der Waals surface area contributed by atoms with Gasteiger partial charge in [0.15, 0.2) is 0 Å². The Morgan fingerprint density at radius 3 is 2.38 bits per heavy atom. The molecule has 24 heavy (non-hydrogen) atoms. The van der Waals surface area contributed by atoms with E-state index in [0.717, 1.165) is 33.6 Å². The first-order valence-corrected chi connectivity index (χ1v) is 7.41. The van der Waals surface area contributed by atoms with E-state index in [1.165, 1.54) is 12.1 Å². The SMILES string of the molecule is NNc1ccc2c(-c3ccncc3)c(-c3ccc(F)cc3)nn2c1. The number of benzene rings is 1. The van der Waals surface area contributed by atoms with Crippen molar-refractivity contribution in [1.29, 1.82) is 0 Å². The second kappa shape index (κ2) is 5.75. The van der Waals surface area contributed by atoms with E-state index in [2.05, 4.69) is 15.5 Å². The van der Waals surface area contributed by atoms with E-state index in [9.17, 15) is 4.39 Å².